The Labute approximate surface area is 118 Å². The average Bonchev–Trinajstić information content (AvgIpc) is 2.33. The minimum Gasteiger partial charge on any atom is -0.388 e. The van der Waals surface area contributed by atoms with Gasteiger partial charge in [0.05, 0.1) is 6.10 Å². The number of hydrogen-bond donors (Lipinski definition) is 1. The molecule has 0 amide bonds. The third-order valence-corrected chi connectivity index (χ3v) is 3.11. The molecule has 4 heteroatoms. The maximum atomic E-state index is 13.5. The molecule has 0 aliphatic heterocycles. The van der Waals surface area contributed by atoms with Crippen LogP contribution in [0.1, 0.15) is 39.7 Å². The number of benzene rings is 1. The monoisotopic (exact) mass is 286 g/mol. The molecule has 0 saturated heterocycles. The zero-order chi connectivity index (χ0) is 15.6. The summed E-state index contributed by atoms with van der Waals surface area (Å²) in [6.07, 6.45) is -5.37. The van der Waals surface area contributed by atoms with Gasteiger partial charge in [0.15, 0.2) is 0 Å². The zero-order valence-electron chi connectivity index (χ0n) is 12.3. The van der Waals surface area contributed by atoms with Crippen LogP contribution in [0.15, 0.2) is 35.9 Å². The summed E-state index contributed by atoms with van der Waals surface area (Å²) in [5.74, 6) is 0. The van der Waals surface area contributed by atoms with E-state index in [9.17, 15) is 18.3 Å². The van der Waals surface area contributed by atoms with Gasteiger partial charge in [0.2, 0.25) is 0 Å². The molecule has 1 aromatic rings. The molecule has 0 fully saturated rings. The van der Waals surface area contributed by atoms with E-state index >= 15 is 0 Å². The topological polar surface area (TPSA) is 20.2 Å². The fourth-order valence-electron chi connectivity index (χ4n) is 2.31. The second-order valence-corrected chi connectivity index (χ2v) is 5.83. The number of halogens is 3. The Balaban J connectivity index is 3.65. The smallest absolute Gasteiger partial charge is 0.388 e. The first-order valence-electron chi connectivity index (χ1n) is 6.64. The van der Waals surface area contributed by atoms with Gasteiger partial charge in [-0.25, -0.2) is 0 Å². The van der Waals surface area contributed by atoms with Gasteiger partial charge in [0.25, 0.3) is 0 Å². The third-order valence-electron chi connectivity index (χ3n) is 3.11. The maximum absolute atomic E-state index is 13.5. The van der Waals surface area contributed by atoms with Crippen LogP contribution in [0.3, 0.4) is 0 Å². The number of aliphatic hydroxyl groups excluding tert-OH is 1. The lowest BCUT2D eigenvalue weighted by molar-refractivity contribution is -0.104. The lowest BCUT2D eigenvalue weighted by Crippen LogP contribution is -2.29. The number of rotatable bonds is 3. The highest BCUT2D eigenvalue weighted by Crippen LogP contribution is 2.44. The van der Waals surface area contributed by atoms with Crippen LogP contribution in [-0.4, -0.2) is 17.4 Å². The molecule has 0 aliphatic carbocycles. The second kappa shape index (κ2) is 6.00. The molecular formula is C16H21F3O. The summed E-state index contributed by atoms with van der Waals surface area (Å²) in [5.41, 5.74) is -1.36. The quantitative estimate of drug-likeness (QED) is 0.844. The molecular weight excluding hydrogens is 265 g/mol. The summed E-state index contributed by atoms with van der Waals surface area (Å²) in [6, 6.07) is 8.30. The molecule has 0 radical (unpaired) electrons. The van der Waals surface area contributed by atoms with E-state index in [1.807, 2.05) is 0 Å². The highest BCUT2D eigenvalue weighted by Gasteiger charge is 2.44. The number of aliphatic hydroxyl groups is 1. The fraction of sp³-hybridized carbons (Fsp3) is 0.500. The van der Waals surface area contributed by atoms with Crippen LogP contribution >= 0.6 is 0 Å². The van der Waals surface area contributed by atoms with Crippen molar-refractivity contribution in [2.24, 2.45) is 5.41 Å². The minimum absolute atomic E-state index is 0.0203. The molecule has 1 nitrogen and oxygen atoms in total. The average molecular weight is 286 g/mol. The molecule has 1 rings (SSSR count). The first-order chi connectivity index (χ1) is 9.09. The van der Waals surface area contributed by atoms with Crippen LogP contribution in [0.2, 0.25) is 0 Å². The van der Waals surface area contributed by atoms with E-state index in [-0.39, 0.29) is 12.0 Å². The van der Waals surface area contributed by atoms with Crippen molar-refractivity contribution in [3.05, 3.63) is 41.5 Å². The predicted octanol–water partition coefficient (Wildman–Crippen LogP) is 4.82. The van der Waals surface area contributed by atoms with Gasteiger partial charge < -0.3 is 5.11 Å². The number of hydrogen-bond acceptors (Lipinski definition) is 1. The minimum atomic E-state index is -4.47. The Kier molecular flexibility index (Phi) is 5.03. The largest absolute Gasteiger partial charge is 0.413 e. The van der Waals surface area contributed by atoms with E-state index < -0.39 is 23.3 Å². The fourth-order valence-corrected chi connectivity index (χ4v) is 2.31. The highest BCUT2D eigenvalue weighted by atomic mass is 19.4. The lowest BCUT2D eigenvalue weighted by Gasteiger charge is -2.30. The van der Waals surface area contributed by atoms with Crippen LogP contribution < -0.4 is 0 Å². The van der Waals surface area contributed by atoms with Gasteiger partial charge in [0.1, 0.15) is 0 Å². The molecule has 112 valence electrons. The van der Waals surface area contributed by atoms with E-state index in [2.05, 4.69) is 0 Å². The van der Waals surface area contributed by atoms with Crippen molar-refractivity contribution in [2.45, 2.75) is 46.4 Å². The van der Waals surface area contributed by atoms with Crippen LogP contribution in [0.5, 0.6) is 0 Å². The first-order valence-corrected chi connectivity index (χ1v) is 6.64. The van der Waals surface area contributed by atoms with Crippen molar-refractivity contribution in [1.82, 2.24) is 0 Å². The summed E-state index contributed by atoms with van der Waals surface area (Å²) < 4.78 is 40.4. The van der Waals surface area contributed by atoms with Crippen LogP contribution in [0.4, 0.5) is 13.2 Å². The van der Waals surface area contributed by atoms with Crippen molar-refractivity contribution >= 4 is 5.57 Å². The normalized spacial score (nSPS) is 15.8. The predicted molar refractivity (Wildman–Crippen MR) is 75.2 cm³/mol. The molecule has 0 bridgehead atoms. The van der Waals surface area contributed by atoms with Crippen molar-refractivity contribution in [1.29, 1.82) is 0 Å². The van der Waals surface area contributed by atoms with Crippen molar-refractivity contribution in [3.8, 4) is 0 Å². The Hall–Kier alpha value is -1.29. The number of alkyl halides is 3. The van der Waals surface area contributed by atoms with Crippen LogP contribution in [-0.2, 0) is 0 Å². The van der Waals surface area contributed by atoms with Crippen LogP contribution in [0.25, 0.3) is 5.57 Å². The molecule has 0 saturated carbocycles. The summed E-state index contributed by atoms with van der Waals surface area (Å²) in [6.45, 7) is 6.22. The molecule has 20 heavy (non-hydrogen) atoms. The molecule has 0 aliphatic rings. The summed E-state index contributed by atoms with van der Waals surface area (Å²) >= 11 is 0. The molecule has 1 unspecified atom stereocenters. The zero-order valence-corrected chi connectivity index (χ0v) is 12.3. The molecule has 0 heterocycles. The molecule has 1 aromatic carbocycles. The van der Waals surface area contributed by atoms with Gasteiger partial charge >= 0.3 is 6.18 Å². The van der Waals surface area contributed by atoms with Crippen molar-refractivity contribution in [3.63, 3.8) is 0 Å². The van der Waals surface area contributed by atoms with Crippen molar-refractivity contribution < 1.29 is 18.3 Å². The van der Waals surface area contributed by atoms with Crippen LogP contribution in [0, 0.1) is 5.41 Å². The summed E-state index contributed by atoms with van der Waals surface area (Å²) in [4.78, 5) is 0. The molecule has 0 aromatic heterocycles. The first kappa shape index (κ1) is 16.8. The Bertz CT molecular complexity index is 451. The van der Waals surface area contributed by atoms with Gasteiger partial charge in [-0.3, -0.25) is 0 Å². The van der Waals surface area contributed by atoms with Gasteiger partial charge in [-0.05, 0) is 23.0 Å². The highest BCUT2D eigenvalue weighted by molar-refractivity contribution is 5.73. The third kappa shape index (κ3) is 3.85. The molecule has 1 N–H and O–H groups in total. The van der Waals surface area contributed by atoms with Gasteiger partial charge in [-0.1, -0.05) is 58.0 Å². The Morgan fingerprint density at radius 3 is 1.95 bits per heavy atom. The number of allylic oxidation sites excluding steroid dienone is 1. The Morgan fingerprint density at radius 2 is 1.60 bits per heavy atom. The Morgan fingerprint density at radius 1 is 1.10 bits per heavy atom. The summed E-state index contributed by atoms with van der Waals surface area (Å²) in [7, 11) is 0. The van der Waals surface area contributed by atoms with Gasteiger partial charge in [-0.15, -0.1) is 0 Å². The second-order valence-electron chi connectivity index (χ2n) is 5.83. The SMILES string of the molecule is CCC(O)/C(=C(/C(C)(C)C)C(F)(F)F)c1ccccc1. The standard InChI is InChI=1S/C16H21F3O/c1-5-12(20)13(11-9-7-6-8-10-11)14(15(2,3)4)16(17,18)19/h6-10,12,20H,5H2,1-4H3/b14-13-. The van der Waals surface area contributed by atoms with E-state index in [1.165, 1.54) is 20.8 Å². The van der Waals surface area contributed by atoms with Crippen molar-refractivity contribution in [2.75, 3.05) is 0 Å². The van der Waals surface area contributed by atoms with E-state index in [0.717, 1.165) is 0 Å². The van der Waals surface area contributed by atoms with E-state index in [4.69, 9.17) is 0 Å². The van der Waals surface area contributed by atoms with E-state index in [1.54, 1.807) is 37.3 Å². The maximum Gasteiger partial charge on any atom is 0.413 e. The van der Waals surface area contributed by atoms with E-state index in [0.29, 0.717) is 5.56 Å². The lowest BCUT2D eigenvalue weighted by atomic mass is 9.79. The molecule has 0 spiro atoms. The molecule has 1 atom stereocenters. The van der Waals surface area contributed by atoms with Gasteiger partial charge in [-0.2, -0.15) is 13.2 Å². The van der Waals surface area contributed by atoms with Gasteiger partial charge in [0, 0.05) is 5.57 Å². The summed E-state index contributed by atoms with van der Waals surface area (Å²) in [5, 5.41) is 10.1.